The molecule has 0 unspecified atom stereocenters. The van der Waals surface area contributed by atoms with Crippen molar-refractivity contribution >= 4 is 23.5 Å². The minimum atomic E-state index is -0.581. The summed E-state index contributed by atoms with van der Waals surface area (Å²) in [6.07, 6.45) is 0.232. The minimum Gasteiger partial charge on any atom is -0.489 e. The molecular formula is C20H19ClN2O4. The quantitative estimate of drug-likeness (QED) is 0.649. The number of hydrogen-bond acceptors (Lipinski definition) is 5. The van der Waals surface area contributed by atoms with E-state index in [-0.39, 0.29) is 18.9 Å². The predicted octanol–water partition coefficient (Wildman–Crippen LogP) is 3.45. The molecule has 2 aromatic carbocycles. The van der Waals surface area contributed by atoms with E-state index in [1.807, 2.05) is 6.07 Å². The Balaban J connectivity index is 1.81. The fourth-order valence-electron chi connectivity index (χ4n) is 2.10. The first kappa shape index (κ1) is 20.3. The van der Waals surface area contributed by atoms with Gasteiger partial charge in [0.1, 0.15) is 12.4 Å². The van der Waals surface area contributed by atoms with Gasteiger partial charge in [-0.25, -0.2) is 4.79 Å². The maximum atomic E-state index is 12.0. The summed E-state index contributed by atoms with van der Waals surface area (Å²) in [7, 11) is 1.56. The number of amides is 1. The molecule has 0 aliphatic rings. The van der Waals surface area contributed by atoms with Crippen LogP contribution in [0.15, 0.2) is 48.5 Å². The SMILES string of the molecule is CN(CCC#N)C(=O)COC(=O)c1ccc(COc2ccc(Cl)cc2)cc1. The second kappa shape index (κ2) is 10.2. The number of carbonyl (C=O) groups excluding carboxylic acids is 2. The number of carbonyl (C=O) groups is 2. The third-order valence-corrected chi connectivity index (χ3v) is 3.97. The number of benzene rings is 2. The van der Waals surface area contributed by atoms with E-state index in [0.29, 0.717) is 29.5 Å². The van der Waals surface area contributed by atoms with Gasteiger partial charge in [0.15, 0.2) is 6.61 Å². The number of ether oxygens (including phenoxy) is 2. The third-order valence-electron chi connectivity index (χ3n) is 3.72. The summed E-state index contributed by atoms with van der Waals surface area (Å²) in [5, 5.41) is 9.15. The van der Waals surface area contributed by atoms with Crippen LogP contribution in [0.2, 0.25) is 5.02 Å². The summed E-state index contributed by atoms with van der Waals surface area (Å²) in [6.45, 7) is 0.288. The van der Waals surface area contributed by atoms with E-state index in [9.17, 15) is 9.59 Å². The van der Waals surface area contributed by atoms with Gasteiger partial charge >= 0.3 is 5.97 Å². The number of nitrogens with zero attached hydrogens (tertiary/aromatic N) is 2. The average molecular weight is 387 g/mol. The summed E-state index contributed by atoms with van der Waals surface area (Å²) in [6, 6.07) is 15.7. The Kier molecular flexibility index (Phi) is 7.65. The highest BCUT2D eigenvalue weighted by Crippen LogP contribution is 2.17. The molecule has 0 saturated heterocycles. The first-order chi connectivity index (χ1) is 13.0. The molecule has 0 aliphatic heterocycles. The smallest absolute Gasteiger partial charge is 0.338 e. The standard InChI is InChI=1S/C20H19ClN2O4/c1-23(12-2-11-22)19(24)14-27-20(25)16-5-3-15(4-6-16)13-26-18-9-7-17(21)8-10-18/h3-10H,2,12-14H2,1H3. The van der Waals surface area contributed by atoms with Gasteiger partial charge in [-0.2, -0.15) is 5.26 Å². The zero-order valence-corrected chi connectivity index (χ0v) is 15.6. The van der Waals surface area contributed by atoms with E-state index in [1.165, 1.54) is 4.90 Å². The second-order valence-electron chi connectivity index (χ2n) is 5.74. The lowest BCUT2D eigenvalue weighted by molar-refractivity contribution is -0.133. The normalized spacial score (nSPS) is 9.96. The average Bonchev–Trinajstić information content (AvgIpc) is 2.69. The minimum absolute atomic E-state index is 0.232. The van der Waals surface area contributed by atoms with Crippen LogP contribution in [0.1, 0.15) is 22.3 Å². The summed E-state index contributed by atoms with van der Waals surface area (Å²) in [5.74, 6) is -0.240. The van der Waals surface area contributed by atoms with Gasteiger partial charge < -0.3 is 14.4 Å². The molecule has 6 nitrogen and oxygen atoms in total. The Hall–Kier alpha value is -3.04. The summed E-state index contributed by atoms with van der Waals surface area (Å²) in [5.41, 5.74) is 1.23. The molecule has 0 N–H and O–H groups in total. The molecule has 0 saturated carbocycles. The highest BCUT2D eigenvalue weighted by atomic mass is 35.5. The van der Waals surface area contributed by atoms with E-state index in [4.69, 9.17) is 26.3 Å². The third kappa shape index (κ3) is 6.65. The largest absolute Gasteiger partial charge is 0.489 e. The maximum Gasteiger partial charge on any atom is 0.338 e. The molecule has 0 radical (unpaired) electrons. The molecule has 0 bridgehead atoms. The molecule has 0 aromatic heterocycles. The Morgan fingerprint density at radius 1 is 1.11 bits per heavy atom. The van der Waals surface area contributed by atoms with Crippen LogP contribution in [0, 0.1) is 11.3 Å². The van der Waals surface area contributed by atoms with Gasteiger partial charge in [-0.15, -0.1) is 0 Å². The van der Waals surface area contributed by atoms with Crippen molar-refractivity contribution in [1.82, 2.24) is 4.90 Å². The predicted molar refractivity (Wildman–Crippen MR) is 100 cm³/mol. The molecule has 7 heteroatoms. The number of halogens is 1. The lowest BCUT2D eigenvalue weighted by Crippen LogP contribution is -2.31. The summed E-state index contributed by atoms with van der Waals surface area (Å²) < 4.78 is 10.7. The molecular weight excluding hydrogens is 368 g/mol. The molecule has 0 atom stereocenters. The summed E-state index contributed by atoms with van der Waals surface area (Å²) in [4.78, 5) is 25.2. The van der Waals surface area contributed by atoms with Gasteiger partial charge in [0.25, 0.3) is 5.91 Å². The summed E-state index contributed by atoms with van der Waals surface area (Å²) >= 11 is 5.82. The first-order valence-corrected chi connectivity index (χ1v) is 8.62. The molecule has 2 aromatic rings. The molecule has 140 valence electrons. The van der Waals surface area contributed by atoms with E-state index in [1.54, 1.807) is 55.6 Å². The van der Waals surface area contributed by atoms with Gasteiger partial charge in [-0.05, 0) is 42.0 Å². The highest BCUT2D eigenvalue weighted by molar-refractivity contribution is 6.30. The van der Waals surface area contributed by atoms with Gasteiger partial charge in [0.05, 0.1) is 18.1 Å². The van der Waals surface area contributed by atoms with Crippen molar-refractivity contribution in [2.75, 3.05) is 20.2 Å². The van der Waals surface area contributed by atoms with E-state index >= 15 is 0 Å². The van der Waals surface area contributed by atoms with Crippen molar-refractivity contribution in [3.8, 4) is 11.8 Å². The Labute approximate surface area is 162 Å². The number of esters is 1. The van der Waals surface area contributed by atoms with Crippen LogP contribution in [0.4, 0.5) is 0 Å². The highest BCUT2D eigenvalue weighted by Gasteiger charge is 2.13. The molecule has 0 heterocycles. The fraction of sp³-hybridized carbons (Fsp3) is 0.250. The van der Waals surface area contributed by atoms with Crippen molar-refractivity contribution in [3.63, 3.8) is 0 Å². The first-order valence-electron chi connectivity index (χ1n) is 8.25. The molecule has 27 heavy (non-hydrogen) atoms. The Morgan fingerprint density at radius 2 is 1.78 bits per heavy atom. The van der Waals surface area contributed by atoms with Crippen LogP contribution in [-0.2, 0) is 16.1 Å². The van der Waals surface area contributed by atoms with Gasteiger partial charge in [0, 0.05) is 18.6 Å². The molecule has 0 aliphatic carbocycles. The van der Waals surface area contributed by atoms with Crippen molar-refractivity contribution in [1.29, 1.82) is 5.26 Å². The number of nitriles is 1. The van der Waals surface area contributed by atoms with Crippen molar-refractivity contribution < 1.29 is 19.1 Å². The second-order valence-corrected chi connectivity index (χ2v) is 6.18. The molecule has 0 fully saturated rings. The van der Waals surface area contributed by atoms with Crippen molar-refractivity contribution in [2.45, 2.75) is 13.0 Å². The van der Waals surface area contributed by atoms with Gasteiger partial charge in [-0.1, -0.05) is 23.7 Å². The van der Waals surface area contributed by atoms with E-state index < -0.39 is 5.97 Å². The molecule has 0 spiro atoms. The molecule has 1 amide bonds. The van der Waals surface area contributed by atoms with Crippen LogP contribution in [0.5, 0.6) is 5.75 Å². The fourth-order valence-corrected chi connectivity index (χ4v) is 2.22. The van der Waals surface area contributed by atoms with Crippen LogP contribution in [0.25, 0.3) is 0 Å². The molecule has 2 rings (SSSR count). The van der Waals surface area contributed by atoms with E-state index in [2.05, 4.69) is 0 Å². The number of likely N-dealkylation sites (N-methyl/N-ethyl adjacent to an activating group) is 1. The van der Waals surface area contributed by atoms with Crippen molar-refractivity contribution in [3.05, 3.63) is 64.7 Å². The van der Waals surface area contributed by atoms with Crippen LogP contribution >= 0.6 is 11.6 Å². The monoisotopic (exact) mass is 386 g/mol. The number of hydrogen-bond donors (Lipinski definition) is 0. The van der Waals surface area contributed by atoms with Crippen LogP contribution in [-0.4, -0.2) is 37.0 Å². The lowest BCUT2D eigenvalue weighted by atomic mass is 10.1. The topological polar surface area (TPSA) is 79.6 Å². The van der Waals surface area contributed by atoms with Crippen LogP contribution in [0.3, 0.4) is 0 Å². The Bertz CT molecular complexity index is 813. The van der Waals surface area contributed by atoms with E-state index in [0.717, 1.165) is 5.56 Å². The zero-order valence-electron chi connectivity index (χ0n) is 14.9. The Morgan fingerprint density at radius 3 is 2.41 bits per heavy atom. The van der Waals surface area contributed by atoms with Crippen LogP contribution < -0.4 is 4.74 Å². The maximum absolute atomic E-state index is 12.0. The number of rotatable bonds is 8. The van der Waals surface area contributed by atoms with Gasteiger partial charge in [0.2, 0.25) is 0 Å². The lowest BCUT2D eigenvalue weighted by Gasteiger charge is -2.15. The van der Waals surface area contributed by atoms with Gasteiger partial charge in [-0.3, -0.25) is 4.79 Å². The zero-order chi connectivity index (χ0) is 19.6. The van der Waals surface area contributed by atoms with Crippen molar-refractivity contribution in [2.24, 2.45) is 0 Å².